The van der Waals surface area contributed by atoms with E-state index in [2.05, 4.69) is 46.9 Å². The molecule has 1 aliphatic rings. The Balaban J connectivity index is 1.77. The molecule has 1 fully saturated rings. The van der Waals surface area contributed by atoms with Gasteiger partial charge in [-0.15, -0.1) is 0 Å². The first-order chi connectivity index (χ1) is 9.38. The van der Waals surface area contributed by atoms with Gasteiger partial charge in [-0.3, -0.25) is 4.90 Å². The van der Waals surface area contributed by atoms with Crippen LogP contribution in [0, 0.1) is 0 Å². The zero-order valence-corrected chi connectivity index (χ0v) is 11.6. The van der Waals surface area contributed by atoms with Crippen molar-refractivity contribution in [2.24, 2.45) is 0 Å². The van der Waals surface area contributed by atoms with E-state index in [0.29, 0.717) is 0 Å². The Morgan fingerprint density at radius 2 is 1.95 bits per heavy atom. The summed E-state index contributed by atoms with van der Waals surface area (Å²) in [6.45, 7) is 8.32. The summed E-state index contributed by atoms with van der Waals surface area (Å²) in [7, 11) is 0. The Morgan fingerprint density at radius 1 is 1.11 bits per heavy atom. The van der Waals surface area contributed by atoms with Crippen LogP contribution in [0.4, 0.5) is 0 Å². The van der Waals surface area contributed by atoms with Gasteiger partial charge in [0, 0.05) is 32.4 Å². The molecule has 1 saturated heterocycles. The molecule has 1 aromatic heterocycles. The van der Waals surface area contributed by atoms with Crippen LogP contribution in [0.15, 0.2) is 30.5 Å². The zero-order chi connectivity index (χ0) is 13.1. The number of hydrogen-bond donors (Lipinski definition) is 0. The van der Waals surface area contributed by atoms with Crippen LogP contribution < -0.4 is 0 Å². The maximum Gasteiger partial charge on any atom is 0.0594 e. The first-order valence-electron chi connectivity index (χ1n) is 7.25. The van der Waals surface area contributed by atoms with Crippen LogP contribution in [-0.4, -0.2) is 42.3 Å². The molecule has 1 aliphatic heterocycles. The predicted molar refractivity (Wildman–Crippen MR) is 78.6 cm³/mol. The summed E-state index contributed by atoms with van der Waals surface area (Å²) in [5.74, 6) is 0. The van der Waals surface area contributed by atoms with Crippen molar-refractivity contribution in [3.63, 3.8) is 0 Å². The summed E-state index contributed by atoms with van der Waals surface area (Å²) < 4.78 is 7.80. The molecule has 0 atom stereocenters. The Morgan fingerprint density at radius 3 is 2.74 bits per heavy atom. The highest BCUT2D eigenvalue weighted by Crippen LogP contribution is 2.20. The van der Waals surface area contributed by atoms with Gasteiger partial charge < -0.3 is 9.30 Å². The van der Waals surface area contributed by atoms with Crippen molar-refractivity contribution < 1.29 is 4.74 Å². The first kappa shape index (κ1) is 12.7. The van der Waals surface area contributed by atoms with Crippen molar-refractivity contribution in [1.82, 2.24) is 9.47 Å². The molecule has 3 rings (SSSR count). The second kappa shape index (κ2) is 5.76. The highest BCUT2D eigenvalue weighted by atomic mass is 16.5. The van der Waals surface area contributed by atoms with E-state index in [1.807, 2.05) is 0 Å². The molecule has 0 bridgehead atoms. The highest BCUT2D eigenvalue weighted by Gasteiger charge is 2.11. The zero-order valence-electron chi connectivity index (χ0n) is 11.6. The second-order valence-electron chi connectivity index (χ2n) is 5.17. The number of benzene rings is 1. The number of ether oxygens (including phenoxy) is 1. The molecule has 0 unspecified atom stereocenters. The molecule has 2 heterocycles. The topological polar surface area (TPSA) is 17.4 Å². The van der Waals surface area contributed by atoms with E-state index in [-0.39, 0.29) is 0 Å². The lowest BCUT2D eigenvalue weighted by atomic mass is 10.1. The molecule has 0 spiro atoms. The summed E-state index contributed by atoms with van der Waals surface area (Å²) in [6, 6.07) is 8.84. The van der Waals surface area contributed by atoms with E-state index >= 15 is 0 Å². The van der Waals surface area contributed by atoms with Crippen LogP contribution in [0.2, 0.25) is 0 Å². The van der Waals surface area contributed by atoms with Crippen molar-refractivity contribution in [2.75, 3.05) is 32.8 Å². The third-order valence-corrected chi connectivity index (χ3v) is 4.01. The molecular weight excluding hydrogens is 236 g/mol. The summed E-state index contributed by atoms with van der Waals surface area (Å²) in [4.78, 5) is 2.49. The van der Waals surface area contributed by atoms with Crippen molar-refractivity contribution in [3.8, 4) is 0 Å². The Kier molecular flexibility index (Phi) is 3.85. The third kappa shape index (κ3) is 2.67. The summed E-state index contributed by atoms with van der Waals surface area (Å²) in [6.07, 6.45) is 3.32. The van der Waals surface area contributed by atoms with Gasteiger partial charge >= 0.3 is 0 Å². The number of morpholine rings is 1. The third-order valence-electron chi connectivity index (χ3n) is 4.01. The normalized spacial score (nSPS) is 17.1. The van der Waals surface area contributed by atoms with Crippen molar-refractivity contribution in [2.45, 2.75) is 19.9 Å². The SMILES string of the molecule is CCc1cccc2ccn(CCN3CCOCC3)c12. The highest BCUT2D eigenvalue weighted by molar-refractivity contribution is 5.83. The number of aryl methyl sites for hydroxylation is 1. The minimum absolute atomic E-state index is 0.882. The van der Waals surface area contributed by atoms with Crippen LogP contribution >= 0.6 is 0 Å². The standard InChI is InChI=1S/C16H22N2O/c1-2-14-4-3-5-15-6-7-18(16(14)15)9-8-17-10-12-19-13-11-17/h3-7H,2,8-13H2,1H3. The van der Waals surface area contributed by atoms with E-state index in [0.717, 1.165) is 45.8 Å². The molecule has 0 N–H and O–H groups in total. The average Bonchev–Trinajstić information content (AvgIpc) is 2.89. The van der Waals surface area contributed by atoms with Gasteiger partial charge in [0.25, 0.3) is 0 Å². The van der Waals surface area contributed by atoms with Crippen LogP contribution in [0.3, 0.4) is 0 Å². The number of rotatable bonds is 4. The molecule has 1 aromatic carbocycles. The summed E-state index contributed by atoms with van der Waals surface area (Å²) >= 11 is 0. The van der Waals surface area contributed by atoms with Crippen LogP contribution in [-0.2, 0) is 17.7 Å². The maximum atomic E-state index is 5.40. The predicted octanol–water partition coefficient (Wildman–Crippen LogP) is 2.54. The first-order valence-corrected chi connectivity index (χ1v) is 7.25. The average molecular weight is 258 g/mol. The molecule has 0 saturated carbocycles. The fourth-order valence-corrected chi connectivity index (χ4v) is 2.89. The van der Waals surface area contributed by atoms with Gasteiger partial charge in [-0.1, -0.05) is 25.1 Å². The minimum atomic E-state index is 0.882. The van der Waals surface area contributed by atoms with E-state index in [1.54, 1.807) is 0 Å². The number of hydrogen-bond acceptors (Lipinski definition) is 2. The molecule has 0 amide bonds. The lowest BCUT2D eigenvalue weighted by Gasteiger charge is -2.26. The summed E-state index contributed by atoms with van der Waals surface area (Å²) in [5.41, 5.74) is 2.86. The second-order valence-corrected chi connectivity index (χ2v) is 5.17. The molecular formula is C16H22N2O. The smallest absolute Gasteiger partial charge is 0.0594 e. The molecule has 3 nitrogen and oxygen atoms in total. The molecule has 3 heteroatoms. The van der Waals surface area contributed by atoms with Crippen LogP contribution in [0.1, 0.15) is 12.5 Å². The quantitative estimate of drug-likeness (QED) is 0.838. The largest absolute Gasteiger partial charge is 0.379 e. The molecule has 0 aliphatic carbocycles. The van der Waals surface area contributed by atoms with Crippen molar-refractivity contribution in [1.29, 1.82) is 0 Å². The summed E-state index contributed by atoms with van der Waals surface area (Å²) in [5, 5.41) is 1.36. The van der Waals surface area contributed by atoms with Crippen molar-refractivity contribution in [3.05, 3.63) is 36.0 Å². The molecule has 0 radical (unpaired) electrons. The minimum Gasteiger partial charge on any atom is -0.379 e. The lowest BCUT2D eigenvalue weighted by Crippen LogP contribution is -2.38. The number of aromatic nitrogens is 1. The number of para-hydroxylation sites is 1. The van der Waals surface area contributed by atoms with E-state index in [9.17, 15) is 0 Å². The maximum absolute atomic E-state index is 5.40. The van der Waals surface area contributed by atoms with Gasteiger partial charge in [0.1, 0.15) is 0 Å². The number of nitrogens with zero attached hydrogens (tertiary/aromatic N) is 2. The van der Waals surface area contributed by atoms with Crippen LogP contribution in [0.25, 0.3) is 10.9 Å². The van der Waals surface area contributed by atoms with Gasteiger partial charge in [0.2, 0.25) is 0 Å². The lowest BCUT2D eigenvalue weighted by molar-refractivity contribution is 0.0365. The molecule has 2 aromatic rings. The Hall–Kier alpha value is -1.32. The van der Waals surface area contributed by atoms with E-state index < -0.39 is 0 Å². The van der Waals surface area contributed by atoms with Gasteiger partial charge in [-0.05, 0) is 23.4 Å². The van der Waals surface area contributed by atoms with Crippen LogP contribution in [0.5, 0.6) is 0 Å². The fourth-order valence-electron chi connectivity index (χ4n) is 2.89. The fraction of sp³-hybridized carbons (Fsp3) is 0.500. The van der Waals surface area contributed by atoms with Gasteiger partial charge in [0.15, 0.2) is 0 Å². The molecule has 102 valence electrons. The number of fused-ring (bicyclic) bond motifs is 1. The van der Waals surface area contributed by atoms with Gasteiger partial charge in [0.05, 0.1) is 18.7 Å². The van der Waals surface area contributed by atoms with Crippen molar-refractivity contribution >= 4 is 10.9 Å². The Labute approximate surface area is 114 Å². The van der Waals surface area contributed by atoms with Gasteiger partial charge in [-0.25, -0.2) is 0 Å². The Bertz CT molecular complexity index is 541. The van der Waals surface area contributed by atoms with Gasteiger partial charge in [-0.2, -0.15) is 0 Å². The monoisotopic (exact) mass is 258 g/mol. The van der Waals surface area contributed by atoms with E-state index in [1.165, 1.54) is 16.5 Å². The molecule has 19 heavy (non-hydrogen) atoms. The van der Waals surface area contributed by atoms with E-state index in [4.69, 9.17) is 4.74 Å².